The van der Waals surface area contributed by atoms with Crippen molar-refractivity contribution in [2.24, 2.45) is 23.7 Å². The molecular formula is C12H18Br2O6S2. The van der Waals surface area contributed by atoms with Crippen LogP contribution >= 0.6 is 31.9 Å². The number of hydrogen-bond acceptors (Lipinski definition) is 6. The van der Waals surface area contributed by atoms with Gasteiger partial charge in [0.25, 0.3) is 20.2 Å². The van der Waals surface area contributed by atoms with Gasteiger partial charge in [0.2, 0.25) is 0 Å². The van der Waals surface area contributed by atoms with Crippen molar-refractivity contribution >= 4 is 52.1 Å². The van der Waals surface area contributed by atoms with Crippen LogP contribution in [0.5, 0.6) is 0 Å². The molecule has 10 heteroatoms. The highest BCUT2D eigenvalue weighted by atomic mass is 79.9. The van der Waals surface area contributed by atoms with E-state index in [1.165, 1.54) is 0 Å². The Bertz CT molecular complexity index is 607. The molecule has 3 aliphatic carbocycles. The highest BCUT2D eigenvalue weighted by Gasteiger charge is 2.65. The normalized spacial score (nSPS) is 47.8. The van der Waals surface area contributed by atoms with Crippen LogP contribution in [0.25, 0.3) is 0 Å². The van der Waals surface area contributed by atoms with Crippen molar-refractivity contribution < 1.29 is 25.2 Å². The van der Waals surface area contributed by atoms with Gasteiger partial charge < -0.3 is 0 Å². The molecular weight excluding hydrogens is 464 g/mol. The lowest BCUT2D eigenvalue weighted by Crippen LogP contribution is -2.33. The first-order valence-electron chi connectivity index (χ1n) is 7.02. The summed E-state index contributed by atoms with van der Waals surface area (Å²) in [6, 6.07) is 0. The summed E-state index contributed by atoms with van der Waals surface area (Å²) in [5, 5.41) is 0. The van der Waals surface area contributed by atoms with Gasteiger partial charge in [0.15, 0.2) is 0 Å². The summed E-state index contributed by atoms with van der Waals surface area (Å²) >= 11 is 7.38. The highest BCUT2D eigenvalue weighted by molar-refractivity contribution is 9.12. The van der Waals surface area contributed by atoms with Crippen LogP contribution in [0.15, 0.2) is 0 Å². The fourth-order valence-corrected chi connectivity index (χ4v) is 7.83. The lowest BCUT2D eigenvalue weighted by atomic mass is 9.92. The van der Waals surface area contributed by atoms with E-state index in [4.69, 9.17) is 8.37 Å². The zero-order valence-electron chi connectivity index (χ0n) is 12.1. The second-order valence-electron chi connectivity index (χ2n) is 6.52. The lowest BCUT2D eigenvalue weighted by molar-refractivity contribution is 0.0771. The van der Waals surface area contributed by atoms with Crippen molar-refractivity contribution in [1.82, 2.24) is 0 Å². The van der Waals surface area contributed by atoms with E-state index in [-0.39, 0.29) is 33.3 Å². The molecule has 0 aromatic rings. The molecule has 0 radical (unpaired) electrons. The Morgan fingerprint density at radius 1 is 0.773 bits per heavy atom. The zero-order valence-corrected chi connectivity index (χ0v) is 16.9. The zero-order chi connectivity index (χ0) is 16.4. The molecule has 3 rings (SSSR count). The summed E-state index contributed by atoms with van der Waals surface area (Å²) in [4.78, 5) is 0.467. The smallest absolute Gasteiger partial charge is 0.264 e. The van der Waals surface area contributed by atoms with E-state index in [1.54, 1.807) is 0 Å². The van der Waals surface area contributed by atoms with Crippen LogP contribution in [0.1, 0.15) is 12.8 Å². The van der Waals surface area contributed by atoms with Crippen molar-refractivity contribution in [2.75, 3.05) is 12.5 Å². The first-order chi connectivity index (χ1) is 9.98. The summed E-state index contributed by atoms with van der Waals surface area (Å²) in [6.07, 6.45) is 2.22. The SMILES string of the molecule is CS(=O)(=O)OC1CC2C(Br)C(Br)C3CC(OS(C)(=O)=O)C1C23. The summed E-state index contributed by atoms with van der Waals surface area (Å²) in [6.45, 7) is 0. The Morgan fingerprint density at radius 3 is 1.45 bits per heavy atom. The molecule has 0 bridgehead atoms. The predicted octanol–water partition coefficient (Wildman–Crippen LogP) is 1.49. The van der Waals surface area contributed by atoms with Gasteiger partial charge in [-0.1, -0.05) is 31.9 Å². The molecule has 0 amide bonds. The monoisotopic (exact) mass is 480 g/mol. The average molecular weight is 482 g/mol. The number of rotatable bonds is 4. The van der Waals surface area contributed by atoms with Crippen molar-refractivity contribution in [3.63, 3.8) is 0 Å². The molecule has 0 aliphatic heterocycles. The van der Waals surface area contributed by atoms with Gasteiger partial charge in [0, 0.05) is 15.6 Å². The molecule has 6 unspecified atom stereocenters. The minimum absolute atomic E-state index is 0.206. The summed E-state index contributed by atoms with van der Waals surface area (Å²) < 4.78 is 56.6. The van der Waals surface area contributed by atoms with E-state index < -0.39 is 32.4 Å². The standard InChI is InChI=1S/C12H18Br2O6S2/c1-21(15,16)19-7-3-5-9-6(12(14)11(5)13)4-8(10(7)9)20-22(2,17)18/h5-12H,3-4H2,1-2H3. The van der Waals surface area contributed by atoms with Crippen molar-refractivity contribution in [2.45, 2.75) is 34.7 Å². The van der Waals surface area contributed by atoms with Gasteiger partial charge >= 0.3 is 0 Å². The third-order valence-corrected chi connectivity index (χ3v) is 9.42. The Labute approximate surface area is 147 Å². The Morgan fingerprint density at radius 2 is 1.14 bits per heavy atom. The molecule has 22 heavy (non-hydrogen) atoms. The van der Waals surface area contributed by atoms with Crippen LogP contribution in [0, 0.1) is 23.7 Å². The average Bonchev–Trinajstić information content (AvgIpc) is 2.90. The topological polar surface area (TPSA) is 86.7 Å². The van der Waals surface area contributed by atoms with E-state index in [1.807, 2.05) is 0 Å². The van der Waals surface area contributed by atoms with Gasteiger partial charge in [0.05, 0.1) is 24.7 Å². The number of hydrogen-bond donors (Lipinski definition) is 0. The van der Waals surface area contributed by atoms with Crippen LogP contribution in [0.3, 0.4) is 0 Å². The van der Waals surface area contributed by atoms with Crippen LogP contribution in [0.4, 0.5) is 0 Å². The quantitative estimate of drug-likeness (QED) is 0.446. The highest BCUT2D eigenvalue weighted by Crippen LogP contribution is 2.63. The number of alkyl halides is 2. The molecule has 0 saturated heterocycles. The lowest BCUT2D eigenvalue weighted by Gasteiger charge is -2.24. The maximum atomic E-state index is 11.5. The molecule has 6 nitrogen and oxygen atoms in total. The van der Waals surface area contributed by atoms with Gasteiger partial charge in [-0.05, 0) is 30.6 Å². The molecule has 0 aromatic heterocycles. The second kappa shape index (κ2) is 5.66. The first-order valence-corrected chi connectivity index (χ1v) is 12.5. The van der Waals surface area contributed by atoms with Crippen LogP contribution in [0.2, 0.25) is 0 Å². The van der Waals surface area contributed by atoms with Gasteiger partial charge in [-0.3, -0.25) is 8.37 Å². The summed E-state index contributed by atoms with van der Waals surface area (Å²) in [5.74, 6) is 0.535. The van der Waals surface area contributed by atoms with Gasteiger partial charge in [0.1, 0.15) is 0 Å². The summed E-state index contributed by atoms with van der Waals surface area (Å²) in [7, 11) is -7.19. The van der Waals surface area contributed by atoms with E-state index in [9.17, 15) is 16.8 Å². The largest absolute Gasteiger partial charge is 0.267 e. The molecule has 3 aliphatic rings. The van der Waals surface area contributed by atoms with Gasteiger partial charge in [-0.25, -0.2) is 0 Å². The minimum atomic E-state index is -3.59. The fourth-order valence-electron chi connectivity index (χ4n) is 4.60. The van der Waals surface area contributed by atoms with Crippen LogP contribution < -0.4 is 0 Å². The van der Waals surface area contributed by atoms with Crippen molar-refractivity contribution in [3.8, 4) is 0 Å². The maximum Gasteiger partial charge on any atom is 0.264 e. The molecule has 3 saturated carbocycles. The third-order valence-electron chi connectivity index (χ3n) is 5.02. The van der Waals surface area contributed by atoms with E-state index in [2.05, 4.69) is 31.9 Å². The fraction of sp³-hybridized carbons (Fsp3) is 1.00. The molecule has 0 N–H and O–H groups in total. The third kappa shape index (κ3) is 3.15. The number of halogens is 2. The Hall–Kier alpha value is 0.780. The van der Waals surface area contributed by atoms with Crippen molar-refractivity contribution in [1.29, 1.82) is 0 Å². The molecule has 0 aromatic carbocycles. The van der Waals surface area contributed by atoms with E-state index >= 15 is 0 Å². The second-order valence-corrected chi connectivity index (χ2v) is 11.8. The van der Waals surface area contributed by atoms with Gasteiger partial charge in [-0.2, -0.15) is 16.8 Å². The molecule has 0 spiro atoms. The first kappa shape index (κ1) is 17.6. The predicted molar refractivity (Wildman–Crippen MR) is 88.1 cm³/mol. The van der Waals surface area contributed by atoms with Crippen LogP contribution in [-0.4, -0.2) is 51.2 Å². The molecule has 6 atom stereocenters. The minimum Gasteiger partial charge on any atom is -0.267 e. The van der Waals surface area contributed by atoms with E-state index in [0.29, 0.717) is 12.8 Å². The van der Waals surface area contributed by atoms with E-state index in [0.717, 1.165) is 12.5 Å². The molecule has 0 heterocycles. The van der Waals surface area contributed by atoms with Crippen molar-refractivity contribution in [3.05, 3.63) is 0 Å². The Balaban J connectivity index is 1.91. The van der Waals surface area contributed by atoms with Gasteiger partial charge in [-0.15, -0.1) is 0 Å². The van der Waals surface area contributed by atoms with Crippen LogP contribution in [-0.2, 0) is 28.6 Å². The maximum absolute atomic E-state index is 11.5. The Kier molecular flexibility index (Phi) is 4.52. The molecule has 3 fully saturated rings. The molecule has 128 valence electrons. The summed E-state index contributed by atoms with van der Waals surface area (Å²) in [5.41, 5.74) is 0.